The molecule has 8 heteroatoms. The Morgan fingerprint density at radius 3 is 2.20 bits per heavy atom. The third-order valence-corrected chi connectivity index (χ3v) is 6.80. The number of hydrogen-bond donors (Lipinski definition) is 2. The molecule has 2 aromatic rings. The molecule has 2 aromatic carbocycles. The van der Waals surface area contributed by atoms with E-state index < -0.39 is 11.1 Å². The smallest absolute Gasteiger partial charge is 0.290 e. The number of aromatic hydroxyl groups is 1. The fourth-order valence-electron chi connectivity index (χ4n) is 4.17. The zero-order valence-corrected chi connectivity index (χ0v) is 21.6. The van der Waals surface area contributed by atoms with E-state index in [1.807, 2.05) is 12.1 Å². The lowest BCUT2D eigenvalue weighted by molar-refractivity contribution is -0.121. The van der Waals surface area contributed by atoms with Crippen LogP contribution in [0.4, 0.5) is 10.5 Å². The maximum absolute atomic E-state index is 13.0. The highest BCUT2D eigenvalue weighted by Gasteiger charge is 2.30. The van der Waals surface area contributed by atoms with Crippen LogP contribution in [0.15, 0.2) is 35.2 Å². The Bertz CT molecular complexity index is 1230. The van der Waals surface area contributed by atoms with Gasteiger partial charge in [0.2, 0.25) is 0 Å². The number of fused-ring (bicyclic) bond motifs is 1. The van der Waals surface area contributed by atoms with Gasteiger partial charge in [0.15, 0.2) is 6.61 Å². The SMILES string of the molecule is CC(C)(C)c1cc(CN2C(=O)COc3ccc(C=C4SC(=O)NC4=O)cc32)cc(C(C)(C)C)c1O. The summed E-state index contributed by atoms with van der Waals surface area (Å²) in [6, 6.07) is 9.25. The van der Waals surface area contributed by atoms with Gasteiger partial charge in [-0.1, -0.05) is 47.6 Å². The van der Waals surface area contributed by atoms with Crippen molar-refractivity contribution in [3.63, 3.8) is 0 Å². The summed E-state index contributed by atoms with van der Waals surface area (Å²) in [5, 5.41) is 12.9. The van der Waals surface area contributed by atoms with E-state index in [-0.39, 0.29) is 23.3 Å². The molecule has 3 amide bonds. The van der Waals surface area contributed by atoms with Gasteiger partial charge in [0.05, 0.1) is 17.1 Å². The lowest BCUT2D eigenvalue weighted by Gasteiger charge is -2.32. The van der Waals surface area contributed by atoms with E-state index in [4.69, 9.17) is 4.74 Å². The molecular weight excluding hydrogens is 464 g/mol. The predicted octanol–water partition coefficient (Wildman–Crippen LogP) is 5.24. The number of phenolic OH excluding ortho intramolecular Hbond substituents is 1. The fourth-order valence-corrected chi connectivity index (χ4v) is 4.85. The minimum absolute atomic E-state index is 0.0729. The average Bonchev–Trinajstić information content (AvgIpc) is 3.06. The van der Waals surface area contributed by atoms with E-state index in [0.717, 1.165) is 28.5 Å². The van der Waals surface area contributed by atoms with Crippen molar-refractivity contribution in [2.24, 2.45) is 0 Å². The van der Waals surface area contributed by atoms with Gasteiger partial charge in [-0.25, -0.2) is 0 Å². The molecule has 0 atom stereocenters. The number of nitrogens with zero attached hydrogens (tertiary/aromatic N) is 1. The van der Waals surface area contributed by atoms with Gasteiger partial charge in [-0.15, -0.1) is 0 Å². The van der Waals surface area contributed by atoms with Crippen molar-refractivity contribution < 1.29 is 24.2 Å². The second-order valence-corrected chi connectivity index (χ2v) is 11.9. The van der Waals surface area contributed by atoms with E-state index in [1.165, 1.54) is 0 Å². The third-order valence-electron chi connectivity index (χ3n) is 5.99. The van der Waals surface area contributed by atoms with Crippen molar-refractivity contribution >= 4 is 40.6 Å². The number of ether oxygens (including phenoxy) is 1. The van der Waals surface area contributed by atoms with Crippen LogP contribution in [0.25, 0.3) is 6.08 Å². The summed E-state index contributed by atoms with van der Waals surface area (Å²) < 4.78 is 5.65. The first-order valence-electron chi connectivity index (χ1n) is 11.4. The summed E-state index contributed by atoms with van der Waals surface area (Å²) >= 11 is 0.845. The molecule has 184 valence electrons. The van der Waals surface area contributed by atoms with Crippen LogP contribution >= 0.6 is 11.8 Å². The summed E-state index contributed by atoms with van der Waals surface area (Å²) in [6.45, 7) is 12.5. The van der Waals surface area contributed by atoms with E-state index in [2.05, 4.69) is 46.9 Å². The molecular formula is C27H30N2O5S. The van der Waals surface area contributed by atoms with Gasteiger partial charge in [0.1, 0.15) is 11.5 Å². The number of phenols is 1. The number of thioether (sulfide) groups is 1. The molecule has 2 heterocycles. The molecule has 0 saturated carbocycles. The highest BCUT2D eigenvalue weighted by atomic mass is 32.2. The second-order valence-electron chi connectivity index (χ2n) is 10.9. The fraction of sp³-hybridized carbons (Fsp3) is 0.370. The molecule has 2 aliphatic rings. The predicted molar refractivity (Wildman–Crippen MR) is 138 cm³/mol. The molecule has 0 unspecified atom stereocenters. The van der Waals surface area contributed by atoms with Crippen molar-refractivity contribution in [1.29, 1.82) is 0 Å². The Morgan fingerprint density at radius 1 is 1.03 bits per heavy atom. The molecule has 4 rings (SSSR count). The van der Waals surface area contributed by atoms with Crippen LogP contribution in [0.2, 0.25) is 0 Å². The Labute approximate surface area is 209 Å². The highest BCUT2D eigenvalue weighted by molar-refractivity contribution is 8.18. The summed E-state index contributed by atoms with van der Waals surface area (Å²) in [5.74, 6) is 0.235. The molecule has 1 saturated heterocycles. The van der Waals surface area contributed by atoms with Crippen molar-refractivity contribution in [3.05, 3.63) is 57.5 Å². The van der Waals surface area contributed by atoms with Crippen LogP contribution < -0.4 is 15.0 Å². The molecule has 0 aliphatic carbocycles. The first-order chi connectivity index (χ1) is 16.2. The average molecular weight is 495 g/mol. The Morgan fingerprint density at radius 2 is 1.66 bits per heavy atom. The first-order valence-corrected chi connectivity index (χ1v) is 12.2. The Kier molecular flexibility index (Phi) is 6.21. The van der Waals surface area contributed by atoms with Gasteiger partial charge < -0.3 is 14.7 Å². The maximum Gasteiger partial charge on any atom is 0.290 e. The van der Waals surface area contributed by atoms with Gasteiger partial charge in [-0.05, 0) is 75.2 Å². The van der Waals surface area contributed by atoms with Crippen LogP contribution in [0.3, 0.4) is 0 Å². The molecule has 1 fully saturated rings. The molecule has 7 nitrogen and oxygen atoms in total. The van der Waals surface area contributed by atoms with Crippen molar-refractivity contribution in [1.82, 2.24) is 5.32 Å². The van der Waals surface area contributed by atoms with E-state index in [1.54, 1.807) is 29.2 Å². The van der Waals surface area contributed by atoms with E-state index in [9.17, 15) is 19.5 Å². The number of rotatable bonds is 3. The van der Waals surface area contributed by atoms with Crippen LogP contribution in [-0.4, -0.2) is 28.8 Å². The number of carbonyl (C=O) groups excluding carboxylic acids is 3. The number of imide groups is 1. The van der Waals surface area contributed by atoms with Gasteiger partial charge in [0, 0.05) is 0 Å². The van der Waals surface area contributed by atoms with Crippen molar-refractivity contribution in [2.75, 3.05) is 11.5 Å². The first kappa shape index (κ1) is 24.9. The lowest BCUT2D eigenvalue weighted by Crippen LogP contribution is -2.38. The minimum Gasteiger partial charge on any atom is -0.507 e. The Hall–Kier alpha value is -3.26. The van der Waals surface area contributed by atoms with E-state index >= 15 is 0 Å². The van der Waals surface area contributed by atoms with Crippen molar-refractivity contribution in [2.45, 2.75) is 58.9 Å². The van der Waals surface area contributed by atoms with Crippen molar-refractivity contribution in [3.8, 4) is 11.5 Å². The quantitative estimate of drug-likeness (QED) is 0.567. The lowest BCUT2D eigenvalue weighted by atomic mass is 9.78. The zero-order chi connectivity index (χ0) is 25.7. The number of benzene rings is 2. The number of nitrogens with one attached hydrogen (secondary N) is 1. The second kappa shape index (κ2) is 8.75. The topological polar surface area (TPSA) is 95.9 Å². The summed E-state index contributed by atoms with van der Waals surface area (Å²) in [7, 11) is 0. The normalized spacial score (nSPS) is 17.5. The number of anilines is 1. The van der Waals surface area contributed by atoms with Gasteiger partial charge in [0.25, 0.3) is 17.1 Å². The molecule has 0 bridgehead atoms. The number of carbonyl (C=O) groups is 3. The summed E-state index contributed by atoms with van der Waals surface area (Å²) in [4.78, 5) is 38.4. The summed E-state index contributed by atoms with van der Waals surface area (Å²) in [5.41, 5.74) is 3.25. The van der Waals surface area contributed by atoms with Crippen LogP contribution in [0.5, 0.6) is 11.5 Å². The largest absolute Gasteiger partial charge is 0.507 e. The number of hydrogen-bond acceptors (Lipinski definition) is 6. The standard InChI is InChI=1S/C27H30N2O5S/c1-26(2,3)17-9-16(10-18(23(17)31)27(4,5)6)13-29-19-11-15(7-8-20(19)34-14-22(29)30)12-21-24(32)28-25(33)35-21/h7-12,31H,13-14H2,1-6H3,(H,28,32,33). The molecule has 35 heavy (non-hydrogen) atoms. The van der Waals surface area contributed by atoms with E-state index in [0.29, 0.717) is 34.2 Å². The molecule has 0 spiro atoms. The molecule has 2 aliphatic heterocycles. The van der Waals surface area contributed by atoms with Crippen LogP contribution in [0, 0.1) is 0 Å². The van der Waals surface area contributed by atoms with Gasteiger partial charge in [-0.3, -0.25) is 19.7 Å². The summed E-state index contributed by atoms with van der Waals surface area (Å²) in [6.07, 6.45) is 1.62. The molecule has 0 radical (unpaired) electrons. The zero-order valence-electron chi connectivity index (χ0n) is 20.8. The number of amides is 3. The Balaban J connectivity index is 1.76. The molecule has 2 N–H and O–H groups in total. The monoisotopic (exact) mass is 494 g/mol. The van der Waals surface area contributed by atoms with Crippen LogP contribution in [0.1, 0.15) is 63.8 Å². The minimum atomic E-state index is -0.435. The van der Waals surface area contributed by atoms with Crippen LogP contribution in [-0.2, 0) is 27.0 Å². The van der Waals surface area contributed by atoms with Gasteiger partial charge in [-0.2, -0.15) is 0 Å². The third kappa shape index (κ3) is 5.07. The van der Waals surface area contributed by atoms with Gasteiger partial charge >= 0.3 is 0 Å². The highest BCUT2D eigenvalue weighted by Crippen LogP contribution is 2.41. The molecule has 0 aromatic heterocycles. The maximum atomic E-state index is 13.0.